The number of alkyl halides is 3. The maximum Gasteiger partial charge on any atom is 0.416 e. The Bertz CT molecular complexity index is 1400. The van der Waals surface area contributed by atoms with Gasteiger partial charge in [-0.05, 0) is 47.5 Å². The van der Waals surface area contributed by atoms with Gasteiger partial charge < -0.3 is 9.47 Å². The smallest absolute Gasteiger partial charge is 0.416 e. The van der Waals surface area contributed by atoms with Gasteiger partial charge >= 0.3 is 6.18 Å². The lowest BCUT2D eigenvalue weighted by atomic mass is 9.79. The number of nitrogens with one attached hydrogen (secondary N) is 1. The van der Waals surface area contributed by atoms with Crippen LogP contribution in [0.2, 0.25) is 5.02 Å². The number of halogens is 5. The maximum atomic E-state index is 14.7. The first-order valence-corrected chi connectivity index (χ1v) is 11.8. The topological polar surface area (TPSA) is 43.4 Å². The molecule has 1 aromatic heterocycles. The van der Waals surface area contributed by atoms with Crippen LogP contribution in [-0.2, 0) is 24.7 Å². The van der Waals surface area contributed by atoms with Gasteiger partial charge in [0.05, 0.1) is 21.8 Å². The number of para-hydroxylation sites is 1. The fourth-order valence-electron chi connectivity index (χ4n) is 4.50. The van der Waals surface area contributed by atoms with Crippen LogP contribution >= 0.6 is 11.6 Å². The molecule has 190 valence electrons. The van der Waals surface area contributed by atoms with E-state index in [1.165, 1.54) is 6.20 Å². The van der Waals surface area contributed by atoms with Crippen molar-refractivity contribution in [1.29, 1.82) is 0 Å². The average molecular weight is 529 g/mol. The molecule has 1 aliphatic heterocycles. The zero-order valence-electron chi connectivity index (χ0n) is 19.4. The first kappa shape index (κ1) is 25.0. The van der Waals surface area contributed by atoms with E-state index in [9.17, 15) is 17.6 Å². The van der Waals surface area contributed by atoms with Crippen LogP contribution in [0, 0.1) is 5.82 Å². The number of benzene rings is 3. The van der Waals surface area contributed by atoms with E-state index < -0.39 is 23.1 Å². The minimum Gasteiger partial charge on any atom is -0.454 e. The second-order valence-electron chi connectivity index (χ2n) is 8.66. The third-order valence-electron chi connectivity index (χ3n) is 6.25. The SMILES string of the molecule is Fc1cc(C(F)(F)F)cc(C(Cc2ccccc2)(NCc2cccc3c2OCO3)c2ccc(Cl)cn2)c1. The van der Waals surface area contributed by atoms with Crippen molar-refractivity contribution in [3.05, 3.63) is 124 Å². The second-order valence-corrected chi connectivity index (χ2v) is 9.10. The fourth-order valence-corrected chi connectivity index (χ4v) is 4.61. The molecule has 0 saturated heterocycles. The zero-order valence-corrected chi connectivity index (χ0v) is 20.1. The Balaban J connectivity index is 1.69. The highest BCUT2D eigenvalue weighted by Gasteiger charge is 2.39. The van der Waals surface area contributed by atoms with Crippen molar-refractivity contribution in [1.82, 2.24) is 10.3 Å². The number of hydrogen-bond acceptors (Lipinski definition) is 4. The monoisotopic (exact) mass is 528 g/mol. The summed E-state index contributed by atoms with van der Waals surface area (Å²) in [5.41, 5.74) is -0.465. The standard InChI is InChI=1S/C28H21ClF4N2O2/c29-22-9-10-25(34-16-22)27(14-18-5-2-1-3-6-18,20-11-21(28(31,32)33)13-23(30)12-20)35-15-19-7-4-8-24-26(19)37-17-36-24/h1-13,16,35H,14-15,17H2. The summed E-state index contributed by atoms with van der Waals surface area (Å²) in [5, 5.41) is 3.77. The highest BCUT2D eigenvalue weighted by atomic mass is 35.5. The van der Waals surface area contributed by atoms with Crippen molar-refractivity contribution in [3.8, 4) is 11.5 Å². The Morgan fingerprint density at radius 3 is 2.41 bits per heavy atom. The Morgan fingerprint density at radius 1 is 0.892 bits per heavy atom. The van der Waals surface area contributed by atoms with E-state index in [1.807, 2.05) is 36.4 Å². The number of ether oxygens (including phenoxy) is 2. The number of hydrogen-bond donors (Lipinski definition) is 1. The lowest BCUT2D eigenvalue weighted by Gasteiger charge is -2.36. The molecule has 0 aliphatic carbocycles. The van der Waals surface area contributed by atoms with Crippen LogP contribution in [0.5, 0.6) is 11.5 Å². The largest absolute Gasteiger partial charge is 0.454 e. The predicted molar refractivity (Wildman–Crippen MR) is 131 cm³/mol. The maximum absolute atomic E-state index is 14.7. The highest BCUT2D eigenvalue weighted by Crippen LogP contribution is 2.40. The van der Waals surface area contributed by atoms with E-state index in [1.54, 1.807) is 24.3 Å². The van der Waals surface area contributed by atoms with Gasteiger partial charge in [-0.1, -0.05) is 54.1 Å². The Hall–Kier alpha value is -3.62. The van der Waals surface area contributed by atoms with Crippen LogP contribution in [-0.4, -0.2) is 11.8 Å². The number of aromatic nitrogens is 1. The summed E-state index contributed by atoms with van der Waals surface area (Å²) in [7, 11) is 0. The van der Waals surface area contributed by atoms with E-state index in [0.29, 0.717) is 28.3 Å². The lowest BCUT2D eigenvalue weighted by Crippen LogP contribution is -2.46. The van der Waals surface area contributed by atoms with Crippen LogP contribution < -0.4 is 14.8 Å². The third kappa shape index (κ3) is 5.26. The van der Waals surface area contributed by atoms with E-state index in [4.69, 9.17) is 21.1 Å². The molecule has 4 nitrogen and oxygen atoms in total. The highest BCUT2D eigenvalue weighted by molar-refractivity contribution is 6.30. The molecule has 0 radical (unpaired) electrons. The van der Waals surface area contributed by atoms with Crippen LogP contribution in [0.25, 0.3) is 0 Å². The predicted octanol–water partition coefficient (Wildman–Crippen LogP) is 6.90. The van der Waals surface area contributed by atoms with Crippen molar-refractivity contribution in [2.45, 2.75) is 24.7 Å². The van der Waals surface area contributed by atoms with Crippen molar-refractivity contribution in [2.24, 2.45) is 0 Å². The zero-order chi connectivity index (χ0) is 26.0. The molecule has 0 spiro atoms. The molecule has 37 heavy (non-hydrogen) atoms. The van der Waals surface area contributed by atoms with Crippen molar-refractivity contribution in [3.63, 3.8) is 0 Å². The van der Waals surface area contributed by atoms with Crippen LogP contribution in [0.15, 0.2) is 85.1 Å². The first-order valence-electron chi connectivity index (χ1n) is 11.4. The molecule has 0 saturated carbocycles. The van der Waals surface area contributed by atoms with Gasteiger partial charge in [0.15, 0.2) is 11.5 Å². The third-order valence-corrected chi connectivity index (χ3v) is 6.48. The van der Waals surface area contributed by atoms with E-state index in [2.05, 4.69) is 10.3 Å². The number of rotatable bonds is 7. The first-order chi connectivity index (χ1) is 17.7. The molecule has 0 fully saturated rings. The Morgan fingerprint density at radius 2 is 1.68 bits per heavy atom. The molecule has 4 aromatic rings. The summed E-state index contributed by atoms with van der Waals surface area (Å²) in [4.78, 5) is 4.48. The second kappa shape index (κ2) is 10.0. The van der Waals surface area contributed by atoms with Gasteiger partial charge in [0.1, 0.15) is 5.82 Å². The Kier molecular flexibility index (Phi) is 6.79. The van der Waals surface area contributed by atoms with Gasteiger partial charge in [-0.3, -0.25) is 10.3 Å². The number of fused-ring (bicyclic) bond motifs is 1. The molecule has 9 heteroatoms. The molecule has 1 atom stereocenters. The molecule has 0 amide bonds. The van der Waals surface area contributed by atoms with Gasteiger partial charge in [-0.2, -0.15) is 13.2 Å². The molecule has 1 unspecified atom stereocenters. The van der Waals surface area contributed by atoms with Gasteiger partial charge in [0.2, 0.25) is 6.79 Å². The number of pyridine rings is 1. The molecular weight excluding hydrogens is 508 g/mol. The molecule has 0 bridgehead atoms. The van der Waals surface area contributed by atoms with Gasteiger partial charge in [-0.25, -0.2) is 4.39 Å². The van der Waals surface area contributed by atoms with Crippen LogP contribution in [0.1, 0.15) is 27.9 Å². The van der Waals surface area contributed by atoms with Gasteiger partial charge in [-0.15, -0.1) is 0 Å². The quantitative estimate of drug-likeness (QED) is 0.265. The van der Waals surface area contributed by atoms with E-state index >= 15 is 0 Å². The van der Waals surface area contributed by atoms with Gasteiger partial charge in [0.25, 0.3) is 0 Å². The Labute approximate surface area is 215 Å². The summed E-state index contributed by atoms with van der Waals surface area (Å²) < 4.78 is 67.1. The van der Waals surface area contributed by atoms with Crippen molar-refractivity contribution in [2.75, 3.05) is 6.79 Å². The normalized spacial score (nSPS) is 14.4. The summed E-state index contributed by atoms with van der Waals surface area (Å²) in [6, 6.07) is 20.4. The minimum atomic E-state index is -4.74. The molecular formula is C28H21ClF4N2O2. The summed E-state index contributed by atoms with van der Waals surface area (Å²) in [6.07, 6.45) is -3.15. The molecule has 3 aromatic carbocycles. The van der Waals surface area contributed by atoms with Crippen LogP contribution in [0.3, 0.4) is 0 Å². The van der Waals surface area contributed by atoms with Gasteiger partial charge in [0, 0.05) is 24.7 Å². The van der Waals surface area contributed by atoms with Crippen molar-refractivity contribution >= 4 is 11.6 Å². The fraction of sp³-hybridized carbons (Fsp3) is 0.179. The number of nitrogens with zero attached hydrogens (tertiary/aromatic N) is 1. The minimum absolute atomic E-state index is 0.0685. The summed E-state index contributed by atoms with van der Waals surface area (Å²) in [6.45, 7) is 0.237. The average Bonchev–Trinajstić information content (AvgIpc) is 3.36. The summed E-state index contributed by atoms with van der Waals surface area (Å²) in [5.74, 6) is 0.112. The molecule has 5 rings (SSSR count). The molecule has 1 aliphatic rings. The van der Waals surface area contributed by atoms with Crippen LogP contribution in [0.4, 0.5) is 17.6 Å². The van der Waals surface area contributed by atoms with E-state index in [0.717, 1.165) is 23.3 Å². The van der Waals surface area contributed by atoms with Crippen molar-refractivity contribution < 1.29 is 27.0 Å². The molecule has 2 heterocycles. The molecule has 1 N–H and O–H groups in total. The van der Waals surface area contributed by atoms with E-state index in [-0.39, 0.29) is 25.3 Å². The summed E-state index contributed by atoms with van der Waals surface area (Å²) >= 11 is 6.09. The lowest BCUT2D eigenvalue weighted by molar-refractivity contribution is -0.137.